The van der Waals surface area contributed by atoms with Gasteiger partial charge in [0, 0.05) is 11.6 Å². The predicted octanol–water partition coefficient (Wildman–Crippen LogP) is 7.69. The van der Waals surface area contributed by atoms with Crippen molar-refractivity contribution in [3.8, 4) is 0 Å². The van der Waals surface area contributed by atoms with Crippen LogP contribution in [0.5, 0.6) is 0 Å². The van der Waals surface area contributed by atoms with Gasteiger partial charge in [-0.25, -0.2) is 0 Å². The molecule has 1 aliphatic rings. The molecule has 154 valence electrons. The van der Waals surface area contributed by atoms with Gasteiger partial charge in [-0.3, -0.25) is 9.59 Å². The minimum Gasteiger partial charge on any atom is -0.290 e. The van der Waals surface area contributed by atoms with Crippen molar-refractivity contribution in [2.24, 2.45) is 5.92 Å². The Balaban J connectivity index is 1.94. The average molecular weight is 395 g/mol. The van der Waals surface area contributed by atoms with E-state index in [0.29, 0.717) is 5.57 Å². The van der Waals surface area contributed by atoms with Gasteiger partial charge >= 0.3 is 0 Å². The molecule has 0 aliphatic heterocycles. The maximum Gasteiger partial charge on any atom is 0.197 e. The van der Waals surface area contributed by atoms with Crippen molar-refractivity contribution in [2.75, 3.05) is 0 Å². The van der Waals surface area contributed by atoms with Crippen molar-refractivity contribution in [2.45, 2.75) is 110 Å². The summed E-state index contributed by atoms with van der Waals surface area (Å²) in [6.45, 7) is 4.30. The van der Waals surface area contributed by atoms with Crippen molar-refractivity contribution in [1.82, 2.24) is 0 Å². The van der Waals surface area contributed by atoms with Gasteiger partial charge in [-0.1, -0.05) is 115 Å². The Morgan fingerprint density at radius 3 is 1.63 bits per heavy atom. The van der Waals surface area contributed by atoms with Gasteiger partial charge in [-0.2, -0.15) is 0 Å². The van der Waals surface area contributed by atoms with Crippen LogP contribution in [0.3, 0.4) is 0 Å². The Bertz CT molecular complexity index is 505. The summed E-state index contributed by atoms with van der Waals surface area (Å²) in [5, 5.41) is 0.0347. The van der Waals surface area contributed by atoms with Gasteiger partial charge in [0.15, 0.2) is 11.6 Å². The zero-order valence-electron chi connectivity index (χ0n) is 17.5. The fraction of sp³-hybridized carbons (Fsp3) is 0.750. The maximum absolute atomic E-state index is 12.0. The molecule has 0 fully saturated rings. The zero-order chi connectivity index (χ0) is 19.9. The summed E-state index contributed by atoms with van der Waals surface area (Å²) in [5.41, 5.74) is 0.624. The fourth-order valence-corrected chi connectivity index (χ4v) is 3.89. The number of rotatable bonds is 16. The van der Waals surface area contributed by atoms with E-state index in [0.717, 1.165) is 12.8 Å². The smallest absolute Gasteiger partial charge is 0.197 e. The molecule has 0 heterocycles. The van der Waals surface area contributed by atoms with Crippen molar-refractivity contribution in [3.05, 3.63) is 22.8 Å². The summed E-state index contributed by atoms with van der Waals surface area (Å²) in [6, 6.07) is 0. The monoisotopic (exact) mass is 394 g/mol. The minimum atomic E-state index is -0.237. The largest absolute Gasteiger partial charge is 0.290 e. The first-order valence-corrected chi connectivity index (χ1v) is 11.6. The molecule has 3 heteroatoms. The third-order valence-corrected chi connectivity index (χ3v) is 5.88. The molecule has 1 aliphatic carbocycles. The summed E-state index contributed by atoms with van der Waals surface area (Å²) in [5.74, 6) is -0.198. The predicted molar refractivity (Wildman–Crippen MR) is 116 cm³/mol. The molecule has 0 saturated heterocycles. The van der Waals surface area contributed by atoms with Gasteiger partial charge < -0.3 is 0 Å². The van der Waals surface area contributed by atoms with Crippen LogP contribution >= 0.6 is 11.6 Å². The number of unbranched alkanes of at least 4 members (excludes halogenated alkanes) is 13. The van der Waals surface area contributed by atoms with Crippen LogP contribution in [-0.4, -0.2) is 11.6 Å². The molecule has 1 unspecified atom stereocenters. The van der Waals surface area contributed by atoms with E-state index < -0.39 is 0 Å². The molecule has 0 aromatic heterocycles. The molecule has 0 N–H and O–H groups in total. The van der Waals surface area contributed by atoms with E-state index in [-0.39, 0.29) is 22.5 Å². The van der Waals surface area contributed by atoms with Gasteiger partial charge in [0.1, 0.15) is 0 Å². The van der Waals surface area contributed by atoms with Gasteiger partial charge in [-0.15, -0.1) is 0 Å². The number of allylic oxidation sites excluding steroid dienone is 4. The molecular formula is C24H39ClO2. The Kier molecular flexibility index (Phi) is 13.5. The summed E-state index contributed by atoms with van der Waals surface area (Å²) in [6.07, 6.45) is 22.5. The first-order valence-electron chi connectivity index (χ1n) is 11.2. The van der Waals surface area contributed by atoms with E-state index in [9.17, 15) is 9.59 Å². The number of carbonyl (C=O) groups excluding carboxylic acids is 2. The number of carbonyl (C=O) groups is 2. The average Bonchev–Trinajstić information content (AvgIpc) is 2.64. The van der Waals surface area contributed by atoms with Crippen LogP contribution < -0.4 is 0 Å². The van der Waals surface area contributed by atoms with E-state index in [1.54, 1.807) is 0 Å². The number of hydrogen-bond donors (Lipinski definition) is 0. The van der Waals surface area contributed by atoms with E-state index in [2.05, 4.69) is 6.92 Å². The lowest BCUT2D eigenvalue weighted by molar-refractivity contribution is -0.115. The molecule has 0 spiro atoms. The molecule has 0 saturated carbocycles. The number of halogens is 1. The molecule has 2 nitrogen and oxygen atoms in total. The standard InChI is InChI=1S/C24H39ClO2/c1-3-4-5-6-7-8-9-10-11-12-13-14-15-16-17-20(2)21-18-24(27)22(25)19-23(21)26/h18-20H,3-17H2,1-2H3. The SMILES string of the molecule is CCCCCCCCCCCCCCCCC(C)C1=CC(=O)C(Cl)=CC1=O. The fourth-order valence-electron chi connectivity index (χ4n) is 3.74. The van der Waals surface area contributed by atoms with Crippen LogP contribution in [0.25, 0.3) is 0 Å². The van der Waals surface area contributed by atoms with Crippen LogP contribution in [0.1, 0.15) is 110 Å². The molecule has 0 aromatic carbocycles. The topological polar surface area (TPSA) is 34.1 Å². The molecule has 1 rings (SSSR count). The van der Waals surface area contributed by atoms with Crippen molar-refractivity contribution in [3.63, 3.8) is 0 Å². The molecule has 1 atom stereocenters. The van der Waals surface area contributed by atoms with E-state index >= 15 is 0 Å². The highest BCUT2D eigenvalue weighted by molar-refractivity contribution is 6.47. The number of ketones is 2. The summed E-state index contributed by atoms with van der Waals surface area (Å²) >= 11 is 5.72. The summed E-state index contributed by atoms with van der Waals surface area (Å²) < 4.78 is 0. The lowest BCUT2D eigenvalue weighted by Gasteiger charge is -2.16. The van der Waals surface area contributed by atoms with Crippen LogP contribution in [0.15, 0.2) is 22.8 Å². The van der Waals surface area contributed by atoms with E-state index in [4.69, 9.17) is 11.6 Å². The van der Waals surface area contributed by atoms with Gasteiger partial charge in [0.2, 0.25) is 0 Å². The Morgan fingerprint density at radius 1 is 0.704 bits per heavy atom. The zero-order valence-corrected chi connectivity index (χ0v) is 18.3. The molecular weight excluding hydrogens is 356 g/mol. The third-order valence-electron chi connectivity index (χ3n) is 5.59. The van der Waals surface area contributed by atoms with Crippen molar-refractivity contribution < 1.29 is 9.59 Å². The van der Waals surface area contributed by atoms with E-state index in [1.165, 1.54) is 95.6 Å². The van der Waals surface area contributed by atoms with Gasteiger partial charge in [0.05, 0.1) is 5.03 Å². The highest BCUT2D eigenvalue weighted by Crippen LogP contribution is 2.25. The van der Waals surface area contributed by atoms with Gasteiger partial charge in [0.25, 0.3) is 0 Å². The van der Waals surface area contributed by atoms with E-state index in [1.807, 2.05) is 6.92 Å². The second kappa shape index (κ2) is 15.1. The first-order chi connectivity index (χ1) is 13.1. The Hall–Kier alpha value is -0.890. The highest BCUT2D eigenvalue weighted by Gasteiger charge is 2.22. The lowest BCUT2D eigenvalue weighted by Crippen LogP contribution is -2.16. The summed E-state index contributed by atoms with van der Waals surface area (Å²) in [4.78, 5) is 23.6. The molecule has 0 aromatic rings. The quantitative estimate of drug-likeness (QED) is 0.198. The van der Waals surface area contributed by atoms with Crippen LogP contribution in [0.2, 0.25) is 0 Å². The Morgan fingerprint density at radius 2 is 1.15 bits per heavy atom. The van der Waals surface area contributed by atoms with Crippen LogP contribution in [0.4, 0.5) is 0 Å². The molecule has 27 heavy (non-hydrogen) atoms. The van der Waals surface area contributed by atoms with Crippen LogP contribution in [-0.2, 0) is 9.59 Å². The molecule has 0 radical (unpaired) electrons. The minimum absolute atomic E-state index is 0.0347. The third kappa shape index (κ3) is 10.9. The maximum atomic E-state index is 12.0. The van der Waals surface area contributed by atoms with Crippen molar-refractivity contribution >= 4 is 23.2 Å². The lowest BCUT2D eigenvalue weighted by atomic mass is 9.88. The number of hydrogen-bond acceptors (Lipinski definition) is 2. The van der Waals surface area contributed by atoms with Crippen LogP contribution in [0, 0.1) is 5.92 Å². The summed E-state index contributed by atoms with van der Waals surface area (Å²) in [7, 11) is 0. The van der Waals surface area contributed by atoms with Gasteiger partial charge in [-0.05, 0) is 18.4 Å². The Labute approximate surface area is 171 Å². The highest BCUT2D eigenvalue weighted by atomic mass is 35.5. The second-order valence-corrected chi connectivity index (χ2v) is 8.51. The first kappa shape index (κ1) is 24.1. The molecule has 0 bridgehead atoms. The van der Waals surface area contributed by atoms with Crippen molar-refractivity contribution in [1.29, 1.82) is 0 Å². The second-order valence-electron chi connectivity index (χ2n) is 8.11. The normalized spacial score (nSPS) is 15.7. The molecule has 0 amide bonds.